The van der Waals surface area contributed by atoms with E-state index in [9.17, 15) is 13.5 Å². The van der Waals surface area contributed by atoms with Gasteiger partial charge in [0.15, 0.2) is 5.96 Å². The lowest BCUT2D eigenvalue weighted by atomic mass is 10.0. The van der Waals surface area contributed by atoms with E-state index in [0.29, 0.717) is 19.0 Å². The molecule has 0 aromatic heterocycles. The molecule has 1 atom stereocenters. The van der Waals surface area contributed by atoms with E-state index in [1.54, 1.807) is 7.05 Å². The van der Waals surface area contributed by atoms with Gasteiger partial charge in [-0.15, -0.1) is 24.0 Å². The van der Waals surface area contributed by atoms with E-state index in [-0.39, 0.29) is 47.7 Å². The Bertz CT molecular complexity index is 661. The molecule has 0 amide bonds. The van der Waals surface area contributed by atoms with Gasteiger partial charge in [0.05, 0.1) is 12.4 Å². The van der Waals surface area contributed by atoms with Crippen LogP contribution < -0.4 is 10.6 Å². The Balaban J connectivity index is 0.00000312. The zero-order valence-corrected chi connectivity index (χ0v) is 17.9. The molecule has 25 heavy (non-hydrogen) atoms. The third-order valence-electron chi connectivity index (χ3n) is 4.39. The Morgan fingerprint density at radius 2 is 1.92 bits per heavy atom. The zero-order valence-electron chi connectivity index (χ0n) is 14.7. The summed E-state index contributed by atoms with van der Waals surface area (Å²) in [4.78, 5) is 4.18. The summed E-state index contributed by atoms with van der Waals surface area (Å²) in [6.07, 6.45) is 3.13. The van der Waals surface area contributed by atoms with Crippen molar-refractivity contribution in [2.75, 3.05) is 38.8 Å². The largest absolute Gasteiger partial charge is 0.396 e. The number of benzene rings is 1. The van der Waals surface area contributed by atoms with Crippen LogP contribution in [0.25, 0.3) is 0 Å². The highest BCUT2D eigenvalue weighted by Gasteiger charge is 2.45. The first kappa shape index (κ1) is 22.2. The van der Waals surface area contributed by atoms with E-state index in [0.717, 1.165) is 18.4 Å². The summed E-state index contributed by atoms with van der Waals surface area (Å²) in [6.45, 7) is 1.19. The van der Waals surface area contributed by atoms with Crippen LogP contribution in [0.2, 0.25) is 0 Å². The van der Waals surface area contributed by atoms with Crippen LogP contribution in [0.15, 0.2) is 35.3 Å². The maximum absolute atomic E-state index is 11.5. The lowest BCUT2D eigenvalue weighted by Gasteiger charge is -2.20. The van der Waals surface area contributed by atoms with Crippen molar-refractivity contribution in [3.8, 4) is 0 Å². The van der Waals surface area contributed by atoms with Gasteiger partial charge < -0.3 is 15.7 Å². The van der Waals surface area contributed by atoms with Gasteiger partial charge in [-0.1, -0.05) is 30.3 Å². The number of sulfone groups is 1. The topological polar surface area (TPSA) is 90.8 Å². The summed E-state index contributed by atoms with van der Waals surface area (Å²) in [7, 11) is -1.29. The van der Waals surface area contributed by atoms with Crippen molar-refractivity contribution in [1.82, 2.24) is 10.6 Å². The Morgan fingerprint density at radius 1 is 1.28 bits per heavy atom. The zero-order chi connectivity index (χ0) is 17.6. The van der Waals surface area contributed by atoms with Gasteiger partial charge in [-0.3, -0.25) is 4.99 Å². The fourth-order valence-electron chi connectivity index (χ4n) is 2.83. The molecule has 2 rings (SSSR count). The second-order valence-electron chi connectivity index (χ2n) is 6.67. The van der Waals surface area contributed by atoms with Gasteiger partial charge in [-0.2, -0.15) is 0 Å². The molecule has 6 nitrogen and oxygen atoms in total. The van der Waals surface area contributed by atoms with Crippen LogP contribution in [0.4, 0.5) is 0 Å². The van der Waals surface area contributed by atoms with Crippen molar-refractivity contribution in [2.45, 2.75) is 18.8 Å². The van der Waals surface area contributed by atoms with Gasteiger partial charge in [-0.25, -0.2) is 8.42 Å². The molecule has 0 radical (unpaired) electrons. The summed E-state index contributed by atoms with van der Waals surface area (Å²) in [5, 5.41) is 16.0. The summed E-state index contributed by atoms with van der Waals surface area (Å²) in [5.41, 5.74) is 0.916. The average Bonchev–Trinajstić information content (AvgIpc) is 3.29. The van der Waals surface area contributed by atoms with Crippen LogP contribution in [-0.2, 0) is 9.84 Å². The SMILES string of the molecule is CN=C(NCC(CO)c1ccccc1)NCC1(CS(C)(=O)=O)CC1.I. The first-order chi connectivity index (χ1) is 11.4. The van der Waals surface area contributed by atoms with E-state index in [1.807, 2.05) is 30.3 Å². The molecule has 8 heteroatoms. The fourth-order valence-corrected chi connectivity index (χ4v) is 4.33. The molecule has 1 aliphatic carbocycles. The first-order valence-corrected chi connectivity index (χ1v) is 10.2. The van der Waals surface area contributed by atoms with Crippen molar-refractivity contribution in [3.05, 3.63) is 35.9 Å². The number of rotatable bonds is 8. The average molecular weight is 481 g/mol. The molecule has 0 aliphatic heterocycles. The highest BCUT2D eigenvalue weighted by atomic mass is 127. The number of guanidine groups is 1. The fraction of sp³-hybridized carbons (Fsp3) is 0.588. The molecule has 1 saturated carbocycles. The maximum Gasteiger partial charge on any atom is 0.191 e. The standard InChI is InChI=1S/C17H27N3O3S.HI/c1-18-16(20-12-17(8-9-17)13-24(2,22)23)19-10-15(11-21)14-6-4-3-5-7-14;/h3-7,15,21H,8-13H2,1-2H3,(H2,18,19,20);1H. The van der Waals surface area contributed by atoms with Gasteiger partial charge in [0.25, 0.3) is 0 Å². The highest BCUT2D eigenvalue weighted by molar-refractivity contribution is 14.0. The van der Waals surface area contributed by atoms with E-state index in [1.165, 1.54) is 6.26 Å². The smallest absolute Gasteiger partial charge is 0.191 e. The van der Waals surface area contributed by atoms with Crippen LogP contribution >= 0.6 is 24.0 Å². The Kier molecular flexibility index (Phi) is 8.62. The van der Waals surface area contributed by atoms with E-state index >= 15 is 0 Å². The van der Waals surface area contributed by atoms with Crippen molar-refractivity contribution in [3.63, 3.8) is 0 Å². The van der Waals surface area contributed by atoms with Crippen LogP contribution in [0.1, 0.15) is 24.3 Å². The third kappa shape index (κ3) is 7.49. The lowest BCUT2D eigenvalue weighted by Crippen LogP contribution is -2.43. The predicted octanol–water partition coefficient (Wildman–Crippen LogP) is 1.37. The summed E-state index contributed by atoms with van der Waals surface area (Å²) >= 11 is 0. The quantitative estimate of drug-likeness (QED) is 0.297. The molecule has 0 bridgehead atoms. The summed E-state index contributed by atoms with van der Waals surface area (Å²) in [6, 6.07) is 9.83. The Morgan fingerprint density at radius 3 is 2.40 bits per heavy atom. The first-order valence-electron chi connectivity index (χ1n) is 8.15. The summed E-state index contributed by atoms with van der Waals surface area (Å²) < 4.78 is 23.0. The number of nitrogens with zero attached hydrogens (tertiary/aromatic N) is 1. The van der Waals surface area contributed by atoms with Crippen molar-refractivity contribution >= 4 is 39.8 Å². The lowest BCUT2D eigenvalue weighted by molar-refractivity contribution is 0.265. The minimum Gasteiger partial charge on any atom is -0.396 e. The number of aliphatic hydroxyl groups is 1. The number of aliphatic imine (C=N–C) groups is 1. The monoisotopic (exact) mass is 481 g/mol. The van der Waals surface area contributed by atoms with Gasteiger partial charge in [0, 0.05) is 37.7 Å². The summed E-state index contributed by atoms with van der Waals surface area (Å²) in [5.74, 6) is 0.826. The van der Waals surface area contributed by atoms with Crippen LogP contribution in [0.3, 0.4) is 0 Å². The molecule has 1 aromatic carbocycles. The molecule has 1 unspecified atom stereocenters. The van der Waals surface area contributed by atoms with Gasteiger partial charge in [-0.05, 0) is 18.4 Å². The molecule has 0 saturated heterocycles. The minimum absolute atomic E-state index is 0. The minimum atomic E-state index is -2.97. The molecule has 3 N–H and O–H groups in total. The Labute approximate surface area is 167 Å². The Hall–Kier alpha value is -0.870. The normalized spacial score (nSPS) is 17.3. The molecule has 0 heterocycles. The number of hydrogen-bond acceptors (Lipinski definition) is 4. The molecule has 1 aromatic rings. The molecule has 1 aliphatic rings. The number of nitrogens with one attached hydrogen (secondary N) is 2. The molecular formula is C17H28IN3O3S. The van der Waals surface area contributed by atoms with Crippen molar-refractivity contribution in [2.24, 2.45) is 10.4 Å². The number of aliphatic hydroxyl groups excluding tert-OH is 1. The second-order valence-corrected chi connectivity index (χ2v) is 8.81. The molecular weight excluding hydrogens is 453 g/mol. The van der Waals surface area contributed by atoms with E-state index in [4.69, 9.17) is 0 Å². The number of halogens is 1. The van der Waals surface area contributed by atoms with Gasteiger partial charge >= 0.3 is 0 Å². The third-order valence-corrected chi connectivity index (χ3v) is 5.52. The number of hydrogen-bond donors (Lipinski definition) is 3. The second kappa shape index (κ2) is 9.72. The van der Waals surface area contributed by atoms with Gasteiger partial charge in [0.2, 0.25) is 0 Å². The van der Waals surface area contributed by atoms with Crippen molar-refractivity contribution in [1.29, 1.82) is 0 Å². The molecule has 1 fully saturated rings. The van der Waals surface area contributed by atoms with Crippen molar-refractivity contribution < 1.29 is 13.5 Å². The van der Waals surface area contributed by atoms with Crippen LogP contribution in [-0.4, -0.2) is 58.2 Å². The predicted molar refractivity (Wildman–Crippen MR) is 112 cm³/mol. The van der Waals surface area contributed by atoms with Crippen LogP contribution in [0.5, 0.6) is 0 Å². The molecule has 0 spiro atoms. The maximum atomic E-state index is 11.5. The van der Waals surface area contributed by atoms with Gasteiger partial charge in [0.1, 0.15) is 9.84 Å². The van der Waals surface area contributed by atoms with E-state index in [2.05, 4.69) is 15.6 Å². The molecule has 142 valence electrons. The van der Waals surface area contributed by atoms with Crippen LogP contribution in [0, 0.1) is 5.41 Å². The van der Waals surface area contributed by atoms with E-state index < -0.39 is 9.84 Å². The highest BCUT2D eigenvalue weighted by Crippen LogP contribution is 2.45.